The number of rotatable bonds is 5. The molecule has 38 heavy (non-hydrogen) atoms. The van der Waals surface area contributed by atoms with Gasteiger partial charge in [-0.2, -0.15) is 5.10 Å². The first-order valence-electron chi connectivity index (χ1n) is 12.6. The van der Waals surface area contributed by atoms with Crippen molar-refractivity contribution in [2.24, 2.45) is 5.10 Å². The lowest BCUT2D eigenvalue weighted by molar-refractivity contribution is 0.0954. The number of anilines is 1. The van der Waals surface area contributed by atoms with Gasteiger partial charge in [0.15, 0.2) is 0 Å². The number of hydrogen-bond acceptors (Lipinski definition) is 3. The van der Waals surface area contributed by atoms with Crippen LogP contribution < -0.4 is 10.7 Å². The average molecular weight is 500 g/mol. The van der Waals surface area contributed by atoms with Crippen molar-refractivity contribution < 1.29 is 9.59 Å². The van der Waals surface area contributed by atoms with Gasteiger partial charge in [-0.1, -0.05) is 81.4 Å². The molecule has 5 nitrogen and oxygen atoms in total. The van der Waals surface area contributed by atoms with Gasteiger partial charge in [0.2, 0.25) is 0 Å². The number of nitrogens with one attached hydrogen (secondary N) is 2. The van der Waals surface area contributed by atoms with Crippen molar-refractivity contribution in [3.63, 3.8) is 0 Å². The summed E-state index contributed by atoms with van der Waals surface area (Å²) in [5.74, 6) is -0.531. The fourth-order valence-electron chi connectivity index (χ4n) is 4.44. The van der Waals surface area contributed by atoms with Gasteiger partial charge in [-0.05, 0) is 75.0 Å². The zero-order valence-corrected chi connectivity index (χ0v) is 21.7. The second-order valence-electron chi connectivity index (χ2n) is 10.3. The monoisotopic (exact) mass is 499 g/mol. The highest BCUT2D eigenvalue weighted by molar-refractivity contribution is 6.13. The van der Waals surface area contributed by atoms with Crippen molar-refractivity contribution in [1.29, 1.82) is 0 Å². The summed E-state index contributed by atoms with van der Waals surface area (Å²) in [5.41, 5.74) is 6.40. The summed E-state index contributed by atoms with van der Waals surface area (Å²) in [4.78, 5) is 25.4. The maximum absolute atomic E-state index is 12.7. The number of hydrogen-bond donors (Lipinski definition) is 2. The van der Waals surface area contributed by atoms with E-state index >= 15 is 0 Å². The van der Waals surface area contributed by atoms with Crippen LogP contribution in [-0.2, 0) is 5.41 Å². The number of carbonyl (C=O) groups is 2. The maximum atomic E-state index is 12.7. The number of nitrogens with zero attached hydrogens (tertiary/aromatic N) is 1. The minimum atomic E-state index is -0.332. The van der Waals surface area contributed by atoms with E-state index in [1.165, 1.54) is 5.56 Å². The molecular weight excluding hydrogens is 470 g/mol. The largest absolute Gasteiger partial charge is 0.322 e. The predicted octanol–water partition coefficient (Wildman–Crippen LogP) is 7.31. The van der Waals surface area contributed by atoms with Crippen molar-refractivity contribution >= 4 is 45.3 Å². The molecule has 0 heterocycles. The smallest absolute Gasteiger partial charge is 0.271 e. The summed E-state index contributed by atoms with van der Waals surface area (Å²) in [6.07, 6.45) is 1.70. The molecule has 5 aromatic carbocycles. The molecule has 0 spiro atoms. The van der Waals surface area contributed by atoms with Gasteiger partial charge in [0.05, 0.1) is 6.21 Å². The Morgan fingerprint density at radius 2 is 1.21 bits per heavy atom. The molecule has 0 aromatic heterocycles. The first kappa shape index (κ1) is 24.9. The Balaban J connectivity index is 1.26. The van der Waals surface area contributed by atoms with Crippen LogP contribution >= 0.6 is 0 Å². The first-order valence-corrected chi connectivity index (χ1v) is 12.6. The van der Waals surface area contributed by atoms with Crippen LogP contribution in [0.1, 0.15) is 52.6 Å². The molecule has 5 rings (SSSR count). The standard InChI is InChI=1S/C33H29N3O2/c1-33(2,3)26-16-12-22(13-17-26)31(37)35-27-18-14-23(15-19-27)32(38)36-34-21-30-28-10-6-4-8-24(28)20-25-9-5-7-11-29(25)30/h4-21H,1-3H3,(H,35,37)(H,36,38). The lowest BCUT2D eigenvalue weighted by atomic mass is 9.87. The molecule has 0 atom stereocenters. The summed E-state index contributed by atoms with van der Waals surface area (Å²) in [6.45, 7) is 6.41. The van der Waals surface area contributed by atoms with E-state index in [4.69, 9.17) is 0 Å². The average Bonchev–Trinajstić information content (AvgIpc) is 2.92. The molecule has 0 aliphatic carbocycles. The fraction of sp³-hybridized carbons (Fsp3) is 0.121. The fourth-order valence-corrected chi connectivity index (χ4v) is 4.44. The van der Waals surface area contributed by atoms with Crippen LogP contribution in [0.4, 0.5) is 5.69 Å². The van der Waals surface area contributed by atoms with E-state index in [2.05, 4.69) is 66.9 Å². The van der Waals surface area contributed by atoms with E-state index in [0.717, 1.165) is 27.1 Å². The van der Waals surface area contributed by atoms with Gasteiger partial charge in [0.1, 0.15) is 0 Å². The van der Waals surface area contributed by atoms with Gasteiger partial charge in [0.25, 0.3) is 11.8 Å². The summed E-state index contributed by atoms with van der Waals surface area (Å²) in [5, 5.41) is 11.5. The summed E-state index contributed by atoms with van der Waals surface area (Å²) in [7, 11) is 0. The van der Waals surface area contributed by atoms with Crippen LogP contribution in [0.15, 0.2) is 108 Å². The van der Waals surface area contributed by atoms with Gasteiger partial charge in [-0.3, -0.25) is 9.59 Å². The van der Waals surface area contributed by atoms with Crippen molar-refractivity contribution in [2.75, 3.05) is 5.32 Å². The molecule has 5 aromatic rings. The van der Waals surface area contributed by atoms with Gasteiger partial charge in [-0.25, -0.2) is 5.43 Å². The molecule has 2 N–H and O–H groups in total. The molecule has 188 valence electrons. The summed E-state index contributed by atoms with van der Waals surface area (Å²) in [6, 6.07) is 32.8. The number of hydrazone groups is 1. The highest BCUT2D eigenvalue weighted by atomic mass is 16.2. The van der Waals surface area contributed by atoms with Crippen molar-refractivity contribution in [3.05, 3.63) is 125 Å². The highest BCUT2D eigenvalue weighted by Crippen LogP contribution is 2.27. The van der Waals surface area contributed by atoms with E-state index in [1.807, 2.05) is 48.5 Å². The van der Waals surface area contributed by atoms with Gasteiger partial charge in [0, 0.05) is 22.4 Å². The van der Waals surface area contributed by atoms with Crippen LogP contribution in [-0.4, -0.2) is 18.0 Å². The Kier molecular flexibility index (Phi) is 6.75. The predicted molar refractivity (Wildman–Crippen MR) is 156 cm³/mol. The Bertz CT molecular complexity index is 1610. The maximum Gasteiger partial charge on any atom is 0.271 e. The number of carbonyl (C=O) groups excluding carboxylic acids is 2. The Morgan fingerprint density at radius 3 is 1.79 bits per heavy atom. The number of fused-ring (bicyclic) bond motifs is 2. The third-order valence-corrected chi connectivity index (χ3v) is 6.59. The number of amides is 2. The van der Waals surface area contributed by atoms with Crippen molar-refractivity contribution in [3.8, 4) is 0 Å². The molecule has 0 saturated carbocycles. The molecule has 0 bridgehead atoms. The van der Waals surface area contributed by atoms with E-state index in [1.54, 1.807) is 30.5 Å². The summed E-state index contributed by atoms with van der Waals surface area (Å²) < 4.78 is 0. The van der Waals surface area contributed by atoms with E-state index in [0.29, 0.717) is 16.8 Å². The van der Waals surface area contributed by atoms with E-state index < -0.39 is 0 Å². The van der Waals surface area contributed by atoms with Crippen LogP contribution in [0.3, 0.4) is 0 Å². The molecule has 2 amide bonds. The van der Waals surface area contributed by atoms with Crippen LogP contribution in [0, 0.1) is 0 Å². The zero-order chi connectivity index (χ0) is 26.7. The molecule has 0 fully saturated rings. The lowest BCUT2D eigenvalue weighted by Gasteiger charge is -2.19. The topological polar surface area (TPSA) is 70.6 Å². The van der Waals surface area contributed by atoms with Crippen LogP contribution in [0.25, 0.3) is 21.5 Å². The van der Waals surface area contributed by atoms with E-state index in [-0.39, 0.29) is 17.2 Å². The molecule has 0 saturated heterocycles. The SMILES string of the molecule is CC(C)(C)c1ccc(C(=O)Nc2ccc(C(=O)NN=Cc3c4ccccc4cc4ccccc34)cc2)cc1. The molecule has 0 aliphatic rings. The normalized spacial score (nSPS) is 11.7. The Labute approximate surface area is 222 Å². The van der Waals surface area contributed by atoms with Gasteiger partial charge >= 0.3 is 0 Å². The molecule has 0 radical (unpaired) electrons. The van der Waals surface area contributed by atoms with Crippen LogP contribution in [0.2, 0.25) is 0 Å². The third-order valence-electron chi connectivity index (χ3n) is 6.59. The second kappa shape index (κ2) is 10.3. The van der Waals surface area contributed by atoms with Crippen LogP contribution in [0.5, 0.6) is 0 Å². The quantitative estimate of drug-likeness (QED) is 0.151. The highest BCUT2D eigenvalue weighted by Gasteiger charge is 2.14. The Hall–Kier alpha value is -4.77. The lowest BCUT2D eigenvalue weighted by Crippen LogP contribution is -2.18. The minimum Gasteiger partial charge on any atom is -0.322 e. The van der Waals surface area contributed by atoms with Gasteiger partial charge < -0.3 is 5.32 Å². The molecular formula is C33H29N3O2. The summed E-state index contributed by atoms with van der Waals surface area (Å²) >= 11 is 0. The van der Waals surface area contributed by atoms with Gasteiger partial charge in [-0.15, -0.1) is 0 Å². The Morgan fingerprint density at radius 1 is 0.684 bits per heavy atom. The second-order valence-corrected chi connectivity index (χ2v) is 10.3. The van der Waals surface area contributed by atoms with Crippen molar-refractivity contribution in [1.82, 2.24) is 5.43 Å². The zero-order valence-electron chi connectivity index (χ0n) is 21.7. The molecule has 5 heteroatoms. The molecule has 0 aliphatic heterocycles. The first-order chi connectivity index (χ1) is 18.3. The van der Waals surface area contributed by atoms with Crippen molar-refractivity contribution in [2.45, 2.75) is 26.2 Å². The van der Waals surface area contributed by atoms with E-state index in [9.17, 15) is 9.59 Å². The number of benzene rings is 5. The third kappa shape index (κ3) is 5.32. The molecule has 0 unspecified atom stereocenters. The minimum absolute atomic E-state index is 0.0259.